The number of hydrogen-bond acceptors (Lipinski definition) is 6. The molecule has 3 aromatic rings. The van der Waals surface area contributed by atoms with Gasteiger partial charge in [-0.2, -0.15) is 0 Å². The van der Waals surface area contributed by atoms with Crippen LogP contribution in [0, 0.1) is 6.92 Å². The Morgan fingerprint density at radius 2 is 1.84 bits per heavy atom. The number of aryl methyl sites for hydroxylation is 1. The van der Waals surface area contributed by atoms with Gasteiger partial charge in [0.05, 0.1) is 18.1 Å². The number of piperazine rings is 1. The van der Waals surface area contributed by atoms with Crippen molar-refractivity contribution in [3.63, 3.8) is 0 Å². The van der Waals surface area contributed by atoms with E-state index in [9.17, 15) is 9.59 Å². The number of carbonyl (C=O) groups is 2. The fourth-order valence-electron chi connectivity index (χ4n) is 4.95. The number of aromatic nitrogens is 3. The second kappa shape index (κ2) is 11.9. The van der Waals surface area contributed by atoms with Crippen molar-refractivity contribution in [1.82, 2.24) is 35.4 Å². The lowest BCUT2D eigenvalue weighted by atomic mass is 10.1. The highest BCUT2D eigenvalue weighted by molar-refractivity contribution is 5.97. The maximum Gasteiger partial charge on any atom is 0.251 e. The van der Waals surface area contributed by atoms with E-state index in [1.165, 1.54) is 16.0 Å². The van der Waals surface area contributed by atoms with E-state index in [-0.39, 0.29) is 24.9 Å². The van der Waals surface area contributed by atoms with Crippen LogP contribution in [0.5, 0.6) is 0 Å². The average Bonchev–Trinajstić information content (AvgIpc) is 3.52. The van der Waals surface area contributed by atoms with Gasteiger partial charge < -0.3 is 20.4 Å². The molecule has 2 fully saturated rings. The van der Waals surface area contributed by atoms with E-state index in [0.29, 0.717) is 43.5 Å². The Labute approximate surface area is 228 Å². The minimum Gasteiger partial charge on any atom is -0.340 e. The zero-order valence-electron chi connectivity index (χ0n) is 24.7. The first kappa shape index (κ1) is 22.4. The molecular weight excluding hydrogens is 478 g/mol. The van der Waals surface area contributed by atoms with Crippen LogP contribution >= 0.6 is 0 Å². The Morgan fingerprint density at radius 3 is 2.53 bits per heavy atom. The number of benzene rings is 2. The lowest BCUT2D eigenvalue weighted by Crippen LogP contribution is -2.54. The van der Waals surface area contributed by atoms with Crippen LogP contribution < -0.4 is 10.6 Å². The van der Waals surface area contributed by atoms with E-state index >= 15 is 0 Å². The van der Waals surface area contributed by atoms with Gasteiger partial charge in [-0.05, 0) is 69.5 Å². The van der Waals surface area contributed by atoms with Crippen LogP contribution in [-0.4, -0.2) is 88.4 Å². The van der Waals surface area contributed by atoms with Crippen molar-refractivity contribution in [2.45, 2.75) is 44.2 Å². The van der Waals surface area contributed by atoms with E-state index in [1.54, 1.807) is 46.2 Å². The summed E-state index contributed by atoms with van der Waals surface area (Å²) >= 11 is 0. The Morgan fingerprint density at radius 1 is 1.08 bits per heavy atom. The predicted octanol–water partition coefficient (Wildman–Crippen LogP) is 2.37. The summed E-state index contributed by atoms with van der Waals surface area (Å²) in [6.07, 6.45) is 5.59. The van der Waals surface area contributed by atoms with Crippen LogP contribution in [0.15, 0.2) is 60.9 Å². The van der Waals surface area contributed by atoms with Gasteiger partial charge in [0.15, 0.2) is 0 Å². The van der Waals surface area contributed by atoms with Crippen molar-refractivity contribution in [1.29, 1.82) is 0 Å². The van der Waals surface area contributed by atoms with E-state index in [2.05, 4.69) is 52.1 Å². The Hall–Kier alpha value is -3.56. The molecule has 1 saturated heterocycles. The van der Waals surface area contributed by atoms with E-state index < -0.39 is 13.0 Å². The van der Waals surface area contributed by atoms with Gasteiger partial charge in [0.25, 0.3) is 5.91 Å². The van der Waals surface area contributed by atoms with Gasteiger partial charge in [0.2, 0.25) is 5.91 Å². The minimum absolute atomic E-state index is 0.174. The van der Waals surface area contributed by atoms with E-state index in [1.807, 2.05) is 0 Å². The molecule has 200 valence electrons. The summed E-state index contributed by atoms with van der Waals surface area (Å²) in [5, 5.41) is 14.3. The van der Waals surface area contributed by atoms with Gasteiger partial charge in [0, 0.05) is 47.8 Å². The predicted molar refractivity (Wildman–Crippen MR) is 146 cm³/mol. The highest BCUT2D eigenvalue weighted by Crippen LogP contribution is 2.40. The summed E-state index contributed by atoms with van der Waals surface area (Å²) in [6, 6.07) is 15.3. The molecule has 0 bridgehead atoms. The third-order valence-corrected chi connectivity index (χ3v) is 7.38. The SMILES string of the molecule is [2H]C([2H])([2H])N1CCN(C(=O)[C@H](CCCNC2C[C@H]2c2ccc(C)cc2)NC(=O)c2ccc(-n3ccnn3)cc2)CC1. The van der Waals surface area contributed by atoms with Gasteiger partial charge >= 0.3 is 0 Å². The first-order valence-electron chi connectivity index (χ1n) is 14.8. The molecule has 0 radical (unpaired) electrons. The molecule has 2 heterocycles. The molecule has 1 aliphatic heterocycles. The third-order valence-electron chi connectivity index (χ3n) is 7.38. The number of hydrogen-bond donors (Lipinski definition) is 2. The number of nitrogens with one attached hydrogen (secondary N) is 2. The van der Waals surface area contributed by atoms with Gasteiger partial charge in [-0.1, -0.05) is 35.0 Å². The van der Waals surface area contributed by atoms with Gasteiger partial charge in [-0.3, -0.25) is 9.59 Å². The molecule has 5 rings (SSSR count). The van der Waals surface area contributed by atoms with Crippen LogP contribution in [0.1, 0.15) is 50.8 Å². The molecule has 9 nitrogen and oxygen atoms in total. The largest absolute Gasteiger partial charge is 0.340 e. The molecule has 0 spiro atoms. The molecule has 1 unspecified atom stereocenters. The normalized spacial score (nSPS) is 21.7. The molecular formula is C29H37N7O2. The van der Waals surface area contributed by atoms with Crippen molar-refractivity contribution < 1.29 is 13.7 Å². The standard InChI is InChI=1S/C29H37N7O2/c1-21-5-7-22(8-6-21)25-20-27(25)30-13-3-4-26(29(38)35-18-16-34(2)17-19-35)32-28(37)23-9-11-24(12-10-23)36-15-14-31-33-36/h5-12,14-15,25-27,30H,3-4,13,16-20H2,1-2H3,(H,32,37)/t25-,26-,27?/m0/s1/i2D3. The quantitative estimate of drug-likeness (QED) is 0.400. The molecule has 1 aromatic heterocycles. The van der Waals surface area contributed by atoms with E-state index in [4.69, 9.17) is 4.11 Å². The number of carbonyl (C=O) groups excluding carboxylic acids is 2. The van der Waals surface area contributed by atoms with Gasteiger partial charge in [-0.15, -0.1) is 5.10 Å². The Bertz CT molecular complexity index is 1310. The highest BCUT2D eigenvalue weighted by Gasteiger charge is 2.37. The number of nitrogens with zero attached hydrogens (tertiary/aromatic N) is 5. The molecule has 3 atom stereocenters. The zero-order chi connectivity index (χ0) is 29.0. The van der Waals surface area contributed by atoms with E-state index in [0.717, 1.165) is 18.7 Å². The summed E-state index contributed by atoms with van der Waals surface area (Å²) in [4.78, 5) is 29.8. The molecule has 2 N–H and O–H groups in total. The van der Waals surface area contributed by atoms with Crippen molar-refractivity contribution in [2.75, 3.05) is 39.7 Å². The summed E-state index contributed by atoms with van der Waals surface area (Å²) in [5.41, 5.74) is 3.81. The van der Waals surface area contributed by atoms with Crippen LogP contribution in [0.4, 0.5) is 0 Å². The lowest BCUT2D eigenvalue weighted by Gasteiger charge is -2.34. The second-order valence-electron chi connectivity index (χ2n) is 10.2. The summed E-state index contributed by atoms with van der Waals surface area (Å²) in [6.45, 7) is 1.83. The van der Waals surface area contributed by atoms with Crippen molar-refractivity contribution >= 4 is 11.8 Å². The van der Waals surface area contributed by atoms with Crippen LogP contribution in [0.25, 0.3) is 5.69 Å². The van der Waals surface area contributed by atoms with Crippen molar-refractivity contribution in [3.8, 4) is 5.69 Å². The maximum absolute atomic E-state index is 13.5. The molecule has 2 amide bonds. The summed E-state index contributed by atoms with van der Waals surface area (Å²) < 4.78 is 24.5. The summed E-state index contributed by atoms with van der Waals surface area (Å²) in [5.74, 6) is 0.0127. The lowest BCUT2D eigenvalue weighted by molar-refractivity contribution is -0.135. The Balaban J connectivity index is 1.18. The molecule has 2 aliphatic rings. The molecule has 1 aliphatic carbocycles. The molecule has 1 saturated carbocycles. The fourth-order valence-corrected chi connectivity index (χ4v) is 4.95. The number of rotatable bonds is 10. The monoisotopic (exact) mass is 518 g/mol. The Kier molecular flexibility index (Phi) is 7.01. The van der Waals surface area contributed by atoms with Crippen LogP contribution in [0.2, 0.25) is 0 Å². The molecule has 9 heteroatoms. The van der Waals surface area contributed by atoms with Crippen molar-refractivity contribution in [2.24, 2.45) is 0 Å². The number of likely N-dealkylation sites (N-methyl/N-ethyl adjacent to an activating group) is 1. The smallest absolute Gasteiger partial charge is 0.251 e. The summed E-state index contributed by atoms with van der Waals surface area (Å²) in [7, 11) is 0. The number of amides is 2. The third kappa shape index (κ3) is 6.46. The van der Waals surface area contributed by atoms with Crippen LogP contribution in [0.3, 0.4) is 0 Å². The minimum atomic E-state index is -2.17. The van der Waals surface area contributed by atoms with Gasteiger partial charge in [0.1, 0.15) is 6.04 Å². The zero-order valence-corrected chi connectivity index (χ0v) is 21.7. The molecule has 38 heavy (non-hydrogen) atoms. The molecule has 2 aromatic carbocycles. The fraction of sp³-hybridized carbons (Fsp3) is 0.448. The highest BCUT2D eigenvalue weighted by atomic mass is 16.2. The average molecular weight is 519 g/mol. The van der Waals surface area contributed by atoms with Crippen molar-refractivity contribution in [3.05, 3.63) is 77.6 Å². The second-order valence-corrected chi connectivity index (χ2v) is 10.2. The van der Waals surface area contributed by atoms with Crippen LogP contribution in [-0.2, 0) is 4.79 Å². The maximum atomic E-state index is 13.5. The topological polar surface area (TPSA) is 95.4 Å². The first-order valence-corrected chi connectivity index (χ1v) is 13.3. The van der Waals surface area contributed by atoms with Gasteiger partial charge in [-0.25, -0.2) is 4.68 Å². The first-order chi connectivity index (χ1) is 19.7.